The summed E-state index contributed by atoms with van der Waals surface area (Å²) in [5, 5.41) is 3.36. The fourth-order valence-corrected chi connectivity index (χ4v) is 3.39. The van der Waals surface area contributed by atoms with Crippen LogP contribution in [0.15, 0.2) is 17.8 Å². The van der Waals surface area contributed by atoms with Crippen molar-refractivity contribution in [2.75, 3.05) is 34.5 Å². The molecule has 2 saturated heterocycles. The Bertz CT molecular complexity index is 743. The minimum atomic E-state index is -0.178. The maximum Gasteiger partial charge on any atom is 0.276 e. The highest BCUT2D eigenvalue weighted by atomic mass is 32.1. The van der Waals surface area contributed by atoms with E-state index in [1.165, 1.54) is 14.2 Å². The van der Waals surface area contributed by atoms with Crippen molar-refractivity contribution in [1.82, 2.24) is 10.2 Å². The van der Waals surface area contributed by atoms with Gasteiger partial charge in [0.05, 0.1) is 34.0 Å². The fourth-order valence-electron chi connectivity index (χ4n) is 3.12. The third-order valence-corrected chi connectivity index (χ3v) is 4.73. The van der Waals surface area contributed by atoms with Gasteiger partial charge in [-0.1, -0.05) is 0 Å². The van der Waals surface area contributed by atoms with Crippen molar-refractivity contribution in [3.63, 3.8) is 0 Å². The Hall–Kier alpha value is -2.32. The van der Waals surface area contributed by atoms with Crippen LogP contribution in [0.3, 0.4) is 0 Å². The van der Waals surface area contributed by atoms with Gasteiger partial charge in [-0.2, -0.15) is 0 Å². The number of carbonyl (C=O) groups excluding carboxylic acids is 1. The number of methoxy groups -OCH3 is 3. The quantitative estimate of drug-likeness (QED) is 0.599. The highest BCUT2D eigenvalue weighted by Gasteiger charge is 2.33. The van der Waals surface area contributed by atoms with E-state index in [-0.39, 0.29) is 12.0 Å². The number of carbonyl (C=O) groups is 1. The predicted octanol–water partition coefficient (Wildman–Crippen LogP) is 1.95. The van der Waals surface area contributed by atoms with Gasteiger partial charge >= 0.3 is 0 Å². The van der Waals surface area contributed by atoms with Gasteiger partial charge in [0.15, 0.2) is 16.6 Å². The third kappa shape index (κ3) is 3.47. The molecule has 8 heteroatoms. The summed E-state index contributed by atoms with van der Waals surface area (Å²) >= 11 is 5.32. The molecule has 140 valence electrons. The smallest absolute Gasteiger partial charge is 0.276 e. The molecule has 2 fully saturated rings. The van der Waals surface area contributed by atoms with Crippen LogP contribution < -0.4 is 19.5 Å². The summed E-state index contributed by atoms with van der Waals surface area (Å²) in [5.74, 6) is 1.32. The summed E-state index contributed by atoms with van der Waals surface area (Å²) in [4.78, 5) is 14.3. The summed E-state index contributed by atoms with van der Waals surface area (Å²) in [6.45, 7) is 1.20. The van der Waals surface area contributed by atoms with E-state index in [2.05, 4.69) is 5.32 Å². The first kappa shape index (κ1) is 18.5. The van der Waals surface area contributed by atoms with E-state index in [1.807, 2.05) is 0 Å². The topological polar surface area (TPSA) is 69.3 Å². The van der Waals surface area contributed by atoms with Crippen molar-refractivity contribution in [3.8, 4) is 17.2 Å². The normalized spacial score (nSPS) is 21.3. The van der Waals surface area contributed by atoms with Crippen LogP contribution in [0.5, 0.6) is 17.2 Å². The summed E-state index contributed by atoms with van der Waals surface area (Å²) in [5.41, 5.74) is 1.07. The standard InChI is InChI=1S/C18H22N2O5S/c1-22-14-7-6-11(15(23-2)16(14)24-3)9-13-17(21)20(18(26)19-13)10-12-5-4-8-25-12/h6-7,9,12H,4-5,8,10H2,1-3H3,(H,19,26)/b13-9+. The van der Waals surface area contributed by atoms with E-state index in [9.17, 15) is 4.79 Å². The lowest BCUT2D eigenvalue weighted by Gasteiger charge is -2.18. The molecule has 1 amide bonds. The van der Waals surface area contributed by atoms with Crippen LogP contribution >= 0.6 is 12.2 Å². The number of rotatable bonds is 6. The monoisotopic (exact) mass is 378 g/mol. The lowest BCUT2D eigenvalue weighted by Crippen LogP contribution is -2.37. The Kier molecular flexibility index (Phi) is 5.63. The molecule has 1 aromatic rings. The highest BCUT2D eigenvalue weighted by molar-refractivity contribution is 7.80. The molecule has 7 nitrogen and oxygen atoms in total. The van der Waals surface area contributed by atoms with Crippen molar-refractivity contribution in [2.45, 2.75) is 18.9 Å². The molecule has 0 saturated carbocycles. The van der Waals surface area contributed by atoms with E-state index < -0.39 is 0 Å². The van der Waals surface area contributed by atoms with Gasteiger partial charge in [-0.05, 0) is 43.3 Å². The second-order valence-electron chi connectivity index (χ2n) is 5.96. The van der Waals surface area contributed by atoms with Crippen molar-refractivity contribution in [1.29, 1.82) is 0 Å². The SMILES string of the molecule is COc1ccc(/C=C2/NC(=S)N(CC3CCCO3)C2=O)c(OC)c1OC. The van der Waals surface area contributed by atoms with E-state index >= 15 is 0 Å². The van der Waals surface area contributed by atoms with E-state index in [0.717, 1.165) is 19.4 Å². The maximum atomic E-state index is 12.7. The Balaban J connectivity index is 1.88. The van der Waals surface area contributed by atoms with Crippen molar-refractivity contribution in [3.05, 3.63) is 23.4 Å². The van der Waals surface area contributed by atoms with Gasteiger partial charge in [-0.15, -0.1) is 0 Å². The first-order valence-corrected chi connectivity index (χ1v) is 8.75. The van der Waals surface area contributed by atoms with Gasteiger partial charge in [0.1, 0.15) is 5.70 Å². The second kappa shape index (κ2) is 7.92. The molecule has 0 aliphatic carbocycles. The molecule has 2 aliphatic rings. The molecule has 0 radical (unpaired) electrons. The van der Waals surface area contributed by atoms with Crippen LogP contribution in [0.1, 0.15) is 18.4 Å². The number of benzene rings is 1. The average molecular weight is 378 g/mol. The summed E-state index contributed by atoms with van der Waals surface area (Å²) in [6.07, 6.45) is 3.69. The zero-order valence-corrected chi connectivity index (χ0v) is 15.9. The summed E-state index contributed by atoms with van der Waals surface area (Å²) in [7, 11) is 4.63. The average Bonchev–Trinajstić information content (AvgIpc) is 3.25. The number of ether oxygens (including phenoxy) is 4. The van der Waals surface area contributed by atoms with Gasteiger partial charge in [0.25, 0.3) is 5.91 Å². The largest absolute Gasteiger partial charge is 0.493 e. The number of nitrogens with zero attached hydrogens (tertiary/aromatic N) is 1. The lowest BCUT2D eigenvalue weighted by atomic mass is 10.1. The lowest BCUT2D eigenvalue weighted by molar-refractivity contribution is -0.123. The van der Waals surface area contributed by atoms with Crippen LogP contribution in [0.2, 0.25) is 0 Å². The molecule has 1 N–H and O–H groups in total. The molecule has 0 spiro atoms. The zero-order chi connectivity index (χ0) is 18.7. The molecular weight excluding hydrogens is 356 g/mol. The molecule has 1 unspecified atom stereocenters. The predicted molar refractivity (Wildman–Crippen MR) is 100 cm³/mol. The van der Waals surface area contributed by atoms with Gasteiger partial charge in [-0.3, -0.25) is 9.69 Å². The number of hydrogen-bond acceptors (Lipinski definition) is 6. The zero-order valence-electron chi connectivity index (χ0n) is 15.0. The molecule has 1 aromatic carbocycles. The van der Waals surface area contributed by atoms with Crippen molar-refractivity contribution < 1.29 is 23.7 Å². The molecule has 2 heterocycles. The van der Waals surface area contributed by atoms with Gasteiger partial charge in [0.2, 0.25) is 5.75 Å². The van der Waals surface area contributed by atoms with Crippen LogP contribution in [0, 0.1) is 0 Å². The van der Waals surface area contributed by atoms with Crippen molar-refractivity contribution in [2.24, 2.45) is 0 Å². The van der Waals surface area contributed by atoms with Crippen LogP contribution in [-0.4, -0.2) is 56.5 Å². The first-order chi connectivity index (χ1) is 12.6. The minimum Gasteiger partial charge on any atom is -0.493 e. The number of hydrogen-bond donors (Lipinski definition) is 1. The van der Waals surface area contributed by atoms with E-state index in [0.29, 0.717) is 40.2 Å². The Labute approximate surface area is 157 Å². The molecule has 1 atom stereocenters. The second-order valence-corrected chi connectivity index (χ2v) is 6.35. The summed E-state index contributed by atoms with van der Waals surface area (Å²) < 4.78 is 21.7. The minimum absolute atomic E-state index is 0.0358. The van der Waals surface area contributed by atoms with Crippen LogP contribution in [0.4, 0.5) is 0 Å². The van der Waals surface area contributed by atoms with Crippen molar-refractivity contribution >= 4 is 29.3 Å². The summed E-state index contributed by atoms with van der Waals surface area (Å²) in [6, 6.07) is 3.56. The Morgan fingerprint density at radius 1 is 1.27 bits per heavy atom. The molecule has 3 rings (SSSR count). The maximum absolute atomic E-state index is 12.7. The van der Waals surface area contributed by atoms with Gasteiger partial charge in [-0.25, -0.2) is 0 Å². The van der Waals surface area contributed by atoms with E-state index in [4.69, 9.17) is 31.2 Å². The molecule has 2 aliphatic heterocycles. The number of amides is 1. The van der Waals surface area contributed by atoms with Crippen LogP contribution in [-0.2, 0) is 9.53 Å². The molecular formula is C18H22N2O5S. The molecule has 0 bridgehead atoms. The fraction of sp³-hybridized carbons (Fsp3) is 0.444. The van der Waals surface area contributed by atoms with Crippen LogP contribution in [0.25, 0.3) is 6.08 Å². The number of thiocarbonyl (C=S) groups is 1. The number of nitrogens with one attached hydrogen (secondary N) is 1. The third-order valence-electron chi connectivity index (χ3n) is 4.41. The molecule has 0 aromatic heterocycles. The Morgan fingerprint density at radius 2 is 2.04 bits per heavy atom. The first-order valence-electron chi connectivity index (χ1n) is 8.34. The van der Waals surface area contributed by atoms with Gasteiger partial charge < -0.3 is 24.3 Å². The Morgan fingerprint density at radius 3 is 2.65 bits per heavy atom. The van der Waals surface area contributed by atoms with Gasteiger partial charge in [0, 0.05) is 12.2 Å². The molecule has 26 heavy (non-hydrogen) atoms. The van der Waals surface area contributed by atoms with E-state index in [1.54, 1.807) is 30.2 Å². The highest BCUT2D eigenvalue weighted by Crippen LogP contribution is 2.40.